The molecule has 0 saturated carbocycles. The number of piperidine rings is 1. The summed E-state index contributed by atoms with van der Waals surface area (Å²) in [6.45, 7) is 4.77. The summed E-state index contributed by atoms with van der Waals surface area (Å²) in [6.07, 6.45) is 1.60. The van der Waals surface area contributed by atoms with Crippen LogP contribution < -0.4 is 5.69 Å². The highest BCUT2D eigenvalue weighted by atomic mass is 16.5. The van der Waals surface area contributed by atoms with E-state index in [1.807, 2.05) is 42.2 Å². The Labute approximate surface area is 169 Å². The molecule has 0 spiro atoms. The maximum Gasteiger partial charge on any atom is 0.345 e. The molecule has 0 atom stereocenters. The summed E-state index contributed by atoms with van der Waals surface area (Å²) < 4.78 is 8.31. The number of para-hydroxylation sites is 1. The number of aromatic nitrogens is 4. The fourth-order valence-corrected chi connectivity index (χ4v) is 4.08. The summed E-state index contributed by atoms with van der Waals surface area (Å²) in [5, 5.41) is 5.62. The zero-order valence-electron chi connectivity index (χ0n) is 16.9. The van der Waals surface area contributed by atoms with Gasteiger partial charge >= 0.3 is 5.69 Å². The lowest BCUT2D eigenvalue weighted by molar-refractivity contribution is 0.0705. The number of rotatable bonds is 6. The van der Waals surface area contributed by atoms with Crippen molar-refractivity contribution in [1.29, 1.82) is 0 Å². The van der Waals surface area contributed by atoms with E-state index in [2.05, 4.69) is 10.1 Å². The van der Waals surface area contributed by atoms with Gasteiger partial charge in [-0.3, -0.25) is 9.36 Å². The lowest BCUT2D eigenvalue weighted by Gasteiger charge is -2.31. The van der Waals surface area contributed by atoms with Crippen LogP contribution in [0, 0.1) is 0 Å². The van der Waals surface area contributed by atoms with Crippen LogP contribution >= 0.6 is 0 Å². The van der Waals surface area contributed by atoms with Crippen molar-refractivity contribution in [3.05, 3.63) is 52.3 Å². The molecule has 1 aliphatic heterocycles. The average Bonchev–Trinajstić information content (AvgIpc) is 3.32. The molecule has 154 valence electrons. The van der Waals surface area contributed by atoms with Crippen molar-refractivity contribution in [3.8, 4) is 0 Å². The minimum Gasteiger partial charge on any atom is -0.383 e. The number of likely N-dealkylation sites (tertiary alicyclic amines) is 1. The number of carbonyl (C=O) groups is 1. The van der Waals surface area contributed by atoms with Crippen molar-refractivity contribution in [2.45, 2.75) is 38.8 Å². The Bertz CT molecular complexity index is 1020. The number of hydrogen-bond acceptors (Lipinski definition) is 4. The zero-order chi connectivity index (χ0) is 20.4. The smallest absolute Gasteiger partial charge is 0.345 e. The predicted molar refractivity (Wildman–Crippen MR) is 110 cm³/mol. The summed E-state index contributed by atoms with van der Waals surface area (Å²) in [5.74, 6) is 1.03. The quantitative estimate of drug-likeness (QED) is 0.691. The van der Waals surface area contributed by atoms with Gasteiger partial charge in [0.1, 0.15) is 11.5 Å². The third-order valence-electron chi connectivity index (χ3n) is 5.68. The van der Waals surface area contributed by atoms with Gasteiger partial charge in [0.25, 0.3) is 5.91 Å². The third-order valence-corrected chi connectivity index (χ3v) is 5.68. The van der Waals surface area contributed by atoms with E-state index >= 15 is 0 Å². The Morgan fingerprint density at radius 3 is 2.72 bits per heavy atom. The monoisotopic (exact) mass is 397 g/mol. The first-order valence-corrected chi connectivity index (χ1v) is 10.2. The summed E-state index contributed by atoms with van der Waals surface area (Å²) >= 11 is 0. The number of nitrogens with one attached hydrogen (secondary N) is 1. The van der Waals surface area contributed by atoms with E-state index < -0.39 is 0 Å². The Hall–Kier alpha value is -2.87. The molecule has 3 aromatic rings. The molecular formula is C21H27N5O3. The molecule has 0 aliphatic carbocycles. The zero-order valence-corrected chi connectivity index (χ0v) is 16.9. The number of hydrogen-bond donors (Lipinski definition) is 1. The maximum absolute atomic E-state index is 12.9. The standard InChI is InChI=1S/C21H27N5O3/c1-3-25-19(23-26(21(25)28)12-13-29-2)15-8-10-24(11-9-15)20(27)18-14-16-6-4-5-7-17(16)22-18/h4-7,14-15,22H,3,8-13H2,1-2H3. The lowest BCUT2D eigenvalue weighted by atomic mass is 9.95. The number of ether oxygens (including phenoxy) is 1. The minimum absolute atomic E-state index is 0.0261. The average molecular weight is 397 g/mol. The molecule has 8 heteroatoms. The summed E-state index contributed by atoms with van der Waals surface area (Å²) in [6, 6.07) is 9.81. The Morgan fingerprint density at radius 2 is 2.03 bits per heavy atom. The van der Waals surface area contributed by atoms with Crippen molar-refractivity contribution >= 4 is 16.8 Å². The molecule has 1 aromatic carbocycles. The second kappa shape index (κ2) is 8.24. The molecule has 1 fully saturated rings. The second-order valence-electron chi connectivity index (χ2n) is 7.44. The van der Waals surface area contributed by atoms with Crippen LogP contribution in [0.1, 0.15) is 42.0 Å². The van der Waals surface area contributed by atoms with Crippen LogP contribution in [0.25, 0.3) is 10.9 Å². The minimum atomic E-state index is -0.0869. The van der Waals surface area contributed by atoms with E-state index in [0.717, 1.165) is 29.6 Å². The SMILES string of the molecule is CCn1c(C2CCN(C(=O)c3cc4ccccc4[nH]3)CC2)nn(CCOC)c1=O. The molecular weight excluding hydrogens is 370 g/mol. The van der Waals surface area contributed by atoms with E-state index in [0.29, 0.717) is 38.5 Å². The van der Waals surface area contributed by atoms with Crippen LogP contribution in [0.5, 0.6) is 0 Å². The van der Waals surface area contributed by atoms with E-state index in [9.17, 15) is 9.59 Å². The van der Waals surface area contributed by atoms with Gasteiger partial charge in [0.15, 0.2) is 0 Å². The molecule has 29 heavy (non-hydrogen) atoms. The topological polar surface area (TPSA) is 85.2 Å². The lowest BCUT2D eigenvalue weighted by Crippen LogP contribution is -2.38. The van der Waals surface area contributed by atoms with Crippen LogP contribution in [0.2, 0.25) is 0 Å². The van der Waals surface area contributed by atoms with Crippen LogP contribution in [-0.4, -0.2) is 56.9 Å². The van der Waals surface area contributed by atoms with Gasteiger partial charge in [0.05, 0.1) is 13.2 Å². The van der Waals surface area contributed by atoms with Gasteiger partial charge < -0.3 is 14.6 Å². The van der Waals surface area contributed by atoms with Gasteiger partial charge in [-0.15, -0.1) is 0 Å². The van der Waals surface area contributed by atoms with Crippen LogP contribution in [-0.2, 0) is 17.8 Å². The van der Waals surface area contributed by atoms with Crippen LogP contribution in [0.3, 0.4) is 0 Å². The van der Waals surface area contributed by atoms with E-state index in [1.54, 1.807) is 11.7 Å². The summed E-state index contributed by atoms with van der Waals surface area (Å²) in [7, 11) is 1.61. The highest BCUT2D eigenvalue weighted by Gasteiger charge is 2.29. The number of amides is 1. The second-order valence-corrected chi connectivity index (χ2v) is 7.44. The third kappa shape index (κ3) is 3.72. The first-order valence-electron chi connectivity index (χ1n) is 10.2. The van der Waals surface area contributed by atoms with E-state index in [1.165, 1.54) is 4.68 Å². The Kier molecular flexibility index (Phi) is 5.53. The van der Waals surface area contributed by atoms with Crippen molar-refractivity contribution < 1.29 is 9.53 Å². The molecule has 0 unspecified atom stereocenters. The predicted octanol–water partition coefficient (Wildman–Crippen LogP) is 2.21. The van der Waals surface area contributed by atoms with Gasteiger partial charge in [-0.25, -0.2) is 9.48 Å². The maximum atomic E-state index is 12.9. The molecule has 4 rings (SSSR count). The summed E-state index contributed by atoms with van der Waals surface area (Å²) in [5.41, 5.74) is 1.51. The van der Waals surface area contributed by atoms with Crippen molar-refractivity contribution in [2.75, 3.05) is 26.8 Å². The van der Waals surface area contributed by atoms with E-state index in [4.69, 9.17) is 4.74 Å². The Balaban J connectivity index is 1.46. The number of aromatic amines is 1. The number of carbonyl (C=O) groups excluding carboxylic acids is 1. The number of methoxy groups -OCH3 is 1. The van der Waals surface area contributed by atoms with Gasteiger partial charge in [-0.1, -0.05) is 18.2 Å². The van der Waals surface area contributed by atoms with Gasteiger partial charge in [-0.2, -0.15) is 5.10 Å². The van der Waals surface area contributed by atoms with E-state index in [-0.39, 0.29) is 17.5 Å². The number of nitrogens with zero attached hydrogens (tertiary/aromatic N) is 4. The molecule has 0 radical (unpaired) electrons. The number of benzene rings is 1. The molecule has 0 bridgehead atoms. The van der Waals surface area contributed by atoms with Gasteiger partial charge in [-0.05, 0) is 31.9 Å². The fourth-order valence-electron chi connectivity index (χ4n) is 4.08. The number of H-pyrrole nitrogens is 1. The fraction of sp³-hybridized carbons (Fsp3) is 0.476. The first-order chi connectivity index (χ1) is 14.1. The molecule has 1 aliphatic rings. The molecule has 1 amide bonds. The highest BCUT2D eigenvalue weighted by molar-refractivity contribution is 5.98. The Morgan fingerprint density at radius 1 is 1.28 bits per heavy atom. The highest BCUT2D eigenvalue weighted by Crippen LogP contribution is 2.27. The van der Waals surface area contributed by atoms with Crippen LogP contribution in [0.15, 0.2) is 35.1 Å². The van der Waals surface area contributed by atoms with Crippen LogP contribution in [0.4, 0.5) is 0 Å². The molecule has 8 nitrogen and oxygen atoms in total. The largest absolute Gasteiger partial charge is 0.383 e. The normalized spacial score (nSPS) is 15.3. The van der Waals surface area contributed by atoms with Crippen molar-refractivity contribution in [1.82, 2.24) is 24.2 Å². The summed E-state index contributed by atoms with van der Waals surface area (Å²) in [4.78, 5) is 30.6. The van der Waals surface area contributed by atoms with Crippen molar-refractivity contribution in [2.24, 2.45) is 0 Å². The van der Waals surface area contributed by atoms with Gasteiger partial charge in [0.2, 0.25) is 0 Å². The molecule has 3 heterocycles. The van der Waals surface area contributed by atoms with Gasteiger partial charge in [0, 0.05) is 43.6 Å². The first kappa shape index (κ1) is 19.4. The molecule has 2 aromatic heterocycles. The molecule has 1 N–H and O–H groups in total. The van der Waals surface area contributed by atoms with Crippen molar-refractivity contribution in [3.63, 3.8) is 0 Å². The molecule has 1 saturated heterocycles. The number of fused-ring (bicyclic) bond motifs is 1.